The molecular weight excluding hydrogens is 441 g/mol. The van der Waals surface area contributed by atoms with Crippen LogP contribution in [0.2, 0.25) is 10.0 Å². The van der Waals surface area contributed by atoms with Crippen LogP contribution in [-0.4, -0.2) is 48.1 Å². The van der Waals surface area contributed by atoms with Crippen LogP contribution < -0.4 is 4.74 Å². The number of hydrogen-bond acceptors (Lipinski definition) is 5. The number of aliphatic hydroxyl groups is 1. The SMILES string of the molecule is COc1ccc(Cl)cc1/C(O)=C1\C(=O)C(=O)N(CC2CCCO2)C1c1ccc(Cl)cc1. The van der Waals surface area contributed by atoms with Crippen LogP contribution in [-0.2, 0) is 14.3 Å². The highest BCUT2D eigenvalue weighted by Crippen LogP contribution is 2.42. The summed E-state index contributed by atoms with van der Waals surface area (Å²) in [4.78, 5) is 27.6. The fraction of sp³-hybridized carbons (Fsp3) is 0.304. The lowest BCUT2D eigenvalue weighted by Gasteiger charge is -2.27. The average Bonchev–Trinajstić information content (AvgIpc) is 3.36. The first-order valence-electron chi connectivity index (χ1n) is 9.90. The Hall–Kier alpha value is -2.54. The maximum atomic E-state index is 13.1. The van der Waals surface area contributed by atoms with Gasteiger partial charge in [-0.15, -0.1) is 0 Å². The number of aliphatic hydroxyl groups excluding tert-OH is 1. The third-order valence-electron chi connectivity index (χ3n) is 5.57. The molecule has 2 aromatic carbocycles. The molecular formula is C23H21Cl2NO5. The van der Waals surface area contributed by atoms with Crippen molar-refractivity contribution in [3.63, 3.8) is 0 Å². The average molecular weight is 462 g/mol. The van der Waals surface area contributed by atoms with Crippen LogP contribution in [0.4, 0.5) is 0 Å². The molecule has 0 bridgehead atoms. The molecule has 8 heteroatoms. The lowest BCUT2D eigenvalue weighted by molar-refractivity contribution is -0.140. The molecule has 0 aliphatic carbocycles. The highest BCUT2D eigenvalue weighted by atomic mass is 35.5. The molecule has 2 aromatic rings. The summed E-state index contributed by atoms with van der Waals surface area (Å²) >= 11 is 12.2. The monoisotopic (exact) mass is 461 g/mol. The number of Topliss-reactive ketones (excluding diaryl/α,β-unsaturated/α-hetero) is 1. The summed E-state index contributed by atoms with van der Waals surface area (Å²) in [7, 11) is 1.45. The van der Waals surface area contributed by atoms with E-state index in [1.807, 2.05) is 0 Å². The minimum absolute atomic E-state index is 0.0223. The lowest BCUT2D eigenvalue weighted by atomic mass is 9.95. The van der Waals surface area contributed by atoms with Gasteiger partial charge in [0.1, 0.15) is 11.5 Å². The zero-order chi connectivity index (χ0) is 22.1. The van der Waals surface area contributed by atoms with Gasteiger partial charge < -0.3 is 19.5 Å². The van der Waals surface area contributed by atoms with Gasteiger partial charge in [0, 0.05) is 23.2 Å². The third-order valence-corrected chi connectivity index (χ3v) is 6.05. The fourth-order valence-electron chi connectivity index (χ4n) is 4.08. The van der Waals surface area contributed by atoms with E-state index in [2.05, 4.69) is 0 Å². The Balaban J connectivity index is 1.87. The number of rotatable bonds is 5. The first-order valence-corrected chi connectivity index (χ1v) is 10.7. The molecule has 2 aliphatic rings. The lowest BCUT2D eigenvalue weighted by Crippen LogP contribution is -2.36. The molecule has 2 aliphatic heterocycles. The Morgan fingerprint density at radius 3 is 2.52 bits per heavy atom. The van der Waals surface area contributed by atoms with Crippen molar-refractivity contribution >= 4 is 40.7 Å². The molecule has 2 atom stereocenters. The summed E-state index contributed by atoms with van der Waals surface area (Å²) in [5.41, 5.74) is 0.874. The normalized spacial score (nSPS) is 22.9. The topological polar surface area (TPSA) is 76.1 Å². The van der Waals surface area contributed by atoms with Crippen LogP contribution in [0.25, 0.3) is 5.76 Å². The molecule has 0 radical (unpaired) electrons. The number of nitrogens with zero attached hydrogens (tertiary/aromatic N) is 1. The second kappa shape index (κ2) is 8.91. The Bertz CT molecular complexity index is 1040. The predicted molar refractivity (Wildman–Crippen MR) is 117 cm³/mol. The molecule has 2 unspecified atom stereocenters. The summed E-state index contributed by atoms with van der Waals surface area (Å²) in [6.45, 7) is 0.876. The standard InChI is InChI=1S/C23H21Cl2NO5/c1-30-18-9-8-15(25)11-17(18)21(27)19-20(13-4-6-14(24)7-5-13)26(23(29)22(19)28)12-16-3-2-10-31-16/h4-9,11,16,20,27H,2-3,10,12H2,1H3/b21-19+. The van der Waals surface area contributed by atoms with E-state index >= 15 is 0 Å². The molecule has 2 saturated heterocycles. The van der Waals surface area contributed by atoms with Gasteiger partial charge in [0.15, 0.2) is 0 Å². The van der Waals surface area contributed by atoms with Gasteiger partial charge in [0.25, 0.3) is 11.7 Å². The molecule has 162 valence electrons. The third kappa shape index (κ3) is 4.15. The Labute approximate surface area is 190 Å². The van der Waals surface area contributed by atoms with Gasteiger partial charge in [-0.05, 0) is 48.7 Å². The summed E-state index contributed by atoms with van der Waals surface area (Å²) in [5.74, 6) is -1.45. The van der Waals surface area contributed by atoms with E-state index in [1.165, 1.54) is 18.1 Å². The van der Waals surface area contributed by atoms with Crippen molar-refractivity contribution in [3.8, 4) is 5.75 Å². The van der Waals surface area contributed by atoms with Crippen LogP contribution in [0.1, 0.15) is 30.0 Å². The van der Waals surface area contributed by atoms with E-state index < -0.39 is 17.7 Å². The van der Waals surface area contributed by atoms with Crippen molar-refractivity contribution in [2.45, 2.75) is 25.0 Å². The number of benzene rings is 2. The number of likely N-dealkylation sites (tertiary alicyclic amines) is 1. The van der Waals surface area contributed by atoms with Gasteiger partial charge in [-0.2, -0.15) is 0 Å². The van der Waals surface area contributed by atoms with Gasteiger partial charge in [0.2, 0.25) is 0 Å². The predicted octanol–water partition coefficient (Wildman–Crippen LogP) is 4.60. The number of ether oxygens (including phenoxy) is 2. The van der Waals surface area contributed by atoms with E-state index in [4.69, 9.17) is 32.7 Å². The minimum atomic E-state index is -0.787. The fourth-order valence-corrected chi connectivity index (χ4v) is 4.38. The van der Waals surface area contributed by atoms with Crippen molar-refractivity contribution in [1.82, 2.24) is 4.90 Å². The number of ketones is 1. The molecule has 2 fully saturated rings. The molecule has 0 spiro atoms. The second-order valence-electron chi connectivity index (χ2n) is 7.48. The van der Waals surface area contributed by atoms with Crippen LogP contribution in [0.15, 0.2) is 48.0 Å². The molecule has 0 saturated carbocycles. The number of halogens is 2. The van der Waals surface area contributed by atoms with Crippen molar-refractivity contribution < 1.29 is 24.2 Å². The smallest absolute Gasteiger partial charge is 0.295 e. The van der Waals surface area contributed by atoms with Gasteiger partial charge in [-0.1, -0.05) is 35.3 Å². The summed E-state index contributed by atoms with van der Waals surface area (Å²) in [6.07, 6.45) is 1.55. The van der Waals surface area contributed by atoms with Crippen molar-refractivity contribution in [2.75, 3.05) is 20.3 Å². The molecule has 4 rings (SSSR count). The summed E-state index contributed by atoms with van der Waals surface area (Å²) in [6, 6.07) is 10.8. The van der Waals surface area contributed by atoms with Crippen LogP contribution in [0, 0.1) is 0 Å². The quantitative estimate of drug-likeness (QED) is 0.399. The molecule has 31 heavy (non-hydrogen) atoms. The second-order valence-corrected chi connectivity index (χ2v) is 8.36. The molecule has 2 heterocycles. The summed E-state index contributed by atoms with van der Waals surface area (Å²) in [5, 5.41) is 12.1. The highest BCUT2D eigenvalue weighted by Gasteiger charge is 2.47. The number of amides is 1. The number of hydrogen-bond donors (Lipinski definition) is 1. The van der Waals surface area contributed by atoms with Crippen LogP contribution >= 0.6 is 23.2 Å². The molecule has 6 nitrogen and oxygen atoms in total. The van der Waals surface area contributed by atoms with Gasteiger partial charge in [-0.25, -0.2) is 0 Å². The van der Waals surface area contributed by atoms with Crippen LogP contribution in [0.5, 0.6) is 5.75 Å². The van der Waals surface area contributed by atoms with Crippen molar-refractivity contribution in [2.24, 2.45) is 0 Å². The Kier molecular flexibility index (Phi) is 6.23. The van der Waals surface area contributed by atoms with Gasteiger partial charge >= 0.3 is 0 Å². The zero-order valence-corrected chi connectivity index (χ0v) is 18.3. The number of methoxy groups -OCH3 is 1. The van der Waals surface area contributed by atoms with E-state index in [9.17, 15) is 14.7 Å². The Morgan fingerprint density at radius 2 is 1.87 bits per heavy atom. The molecule has 0 aromatic heterocycles. The first kappa shape index (κ1) is 21.7. The number of carbonyl (C=O) groups excluding carboxylic acids is 2. The maximum Gasteiger partial charge on any atom is 0.295 e. The van der Waals surface area contributed by atoms with E-state index in [0.29, 0.717) is 28.0 Å². The van der Waals surface area contributed by atoms with Gasteiger partial charge in [0.05, 0.1) is 30.4 Å². The summed E-state index contributed by atoms with van der Waals surface area (Å²) < 4.78 is 11.0. The van der Waals surface area contributed by atoms with Crippen molar-refractivity contribution in [1.29, 1.82) is 0 Å². The molecule has 1 amide bonds. The van der Waals surface area contributed by atoms with E-state index in [-0.39, 0.29) is 29.5 Å². The van der Waals surface area contributed by atoms with Gasteiger partial charge in [-0.3, -0.25) is 9.59 Å². The zero-order valence-electron chi connectivity index (χ0n) is 16.8. The largest absolute Gasteiger partial charge is 0.507 e. The first-order chi connectivity index (χ1) is 14.9. The van der Waals surface area contributed by atoms with Crippen molar-refractivity contribution in [3.05, 3.63) is 69.2 Å². The highest BCUT2D eigenvalue weighted by molar-refractivity contribution is 6.46. The van der Waals surface area contributed by atoms with E-state index in [1.54, 1.807) is 36.4 Å². The molecule has 1 N–H and O–H groups in total. The number of carbonyl (C=O) groups is 2. The van der Waals surface area contributed by atoms with Crippen LogP contribution in [0.3, 0.4) is 0 Å². The maximum absolute atomic E-state index is 13.1. The minimum Gasteiger partial charge on any atom is -0.507 e. The Morgan fingerprint density at radius 1 is 1.16 bits per heavy atom. The van der Waals surface area contributed by atoms with E-state index in [0.717, 1.165) is 12.8 Å².